The van der Waals surface area contributed by atoms with Crippen molar-refractivity contribution < 1.29 is 14.3 Å². The summed E-state index contributed by atoms with van der Waals surface area (Å²) in [6.07, 6.45) is 0.989. The second-order valence-electron chi connectivity index (χ2n) is 5.67. The van der Waals surface area contributed by atoms with Crippen LogP contribution in [0.5, 0.6) is 0 Å². The zero-order chi connectivity index (χ0) is 18.4. The molecule has 0 bridgehead atoms. The van der Waals surface area contributed by atoms with Gasteiger partial charge in [-0.05, 0) is 50.1 Å². The fraction of sp³-hybridized carbons (Fsp3) is 0.316. The summed E-state index contributed by atoms with van der Waals surface area (Å²) in [6, 6.07) is 10.4. The Kier molecular flexibility index (Phi) is 6.31. The summed E-state index contributed by atoms with van der Waals surface area (Å²) >= 11 is 1.38. The molecule has 1 heterocycles. The predicted octanol–water partition coefficient (Wildman–Crippen LogP) is 4.06. The fourth-order valence-electron chi connectivity index (χ4n) is 2.32. The maximum absolute atomic E-state index is 12.2. The zero-order valence-electron chi connectivity index (χ0n) is 14.5. The Labute approximate surface area is 151 Å². The smallest absolute Gasteiger partial charge is 0.349 e. The normalized spacial score (nSPS) is 11.4. The summed E-state index contributed by atoms with van der Waals surface area (Å²) in [4.78, 5) is 26.0. The number of carbonyl (C=O) groups is 2. The number of hydrogen-bond acceptors (Lipinski definition) is 5. The number of esters is 1. The Morgan fingerprint density at radius 2 is 2.12 bits per heavy atom. The molecular weight excluding hydrogens is 336 g/mol. The van der Waals surface area contributed by atoms with Crippen LogP contribution < -0.4 is 5.32 Å². The van der Waals surface area contributed by atoms with Crippen molar-refractivity contribution >= 4 is 28.9 Å². The Morgan fingerprint density at radius 1 is 1.36 bits per heavy atom. The molecule has 0 aliphatic carbocycles. The van der Waals surface area contributed by atoms with E-state index in [9.17, 15) is 9.59 Å². The van der Waals surface area contributed by atoms with Gasteiger partial charge in [-0.2, -0.15) is 5.26 Å². The lowest BCUT2D eigenvalue weighted by Crippen LogP contribution is -2.29. The third-order valence-corrected chi connectivity index (χ3v) is 4.73. The van der Waals surface area contributed by atoms with E-state index in [-0.39, 0.29) is 0 Å². The van der Waals surface area contributed by atoms with Gasteiger partial charge in [-0.15, -0.1) is 11.3 Å². The van der Waals surface area contributed by atoms with E-state index in [1.807, 2.05) is 19.1 Å². The van der Waals surface area contributed by atoms with Crippen LogP contribution in [0.4, 0.5) is 5.69 Å². The molecule has 6 heteroatoms. The molecule has 0 saturated carbocycles. The van der Waals surface area contributed by atoms with Crippen molar-refractivity contribution in [3.8, 4) is 6.07 Å². The van der Waals surface area contributed by atoms with Crippen molar-refractivity contribution in [1.82, 2.24) is 0 Å². The van der Waals surface area contributed by atoms with E-state index in [1.165, 1.54) is 18.3 Å². The highest BCUT2D eigenvalue weighted by Crippen LogP contribution is 2.24. The minimum absolute atomic E-state index is 0.439. The number of nitrogens with one attached hydrogen (secondary N) is 1. The van der Waals surface area contributed by atoms with Gasteiger partial charge in [0, 0.05) is 10.6 Å². The van der Waals surface area contributed by atoms with Crippen molar-refractivity contribution in [2.24, 2.45) is 0 Å². The van der Waals surface area contributed by atoms with E-state index in [4.69, 9.17) is 10.00 Å². The maximum Gasteiger partial charge on any atom is 0.349 e. The number of nitriles is 1. The molecule has 25 heavy (non-hydrogen) atoms. The van der Waals surface area contributed by atoms with Crippen molar-refractivity contribution in [2.45, 2.75) is 39.7 Å². The second-order valence-corrected chi connectivity index (χ2v) is 6.93. The molecule has 0 radical (unpaired) electrons. The van der Waals surface area contributed by atoms with Gasteiger partial charge in [-0.1, -0.05) is 19.4 Å². The molecule has 1 aromatic heterocycles. The van der Waals surface area contributed by atoms with E-state index in [1.54, 1.807) is 24.3 Å². The first kappa shape index (κ1) is 18.7. The number of nitrogens with zero attached hydrogens (tertiary/aromatic N) is 1. The molecule has 2 aromatic rings. The van der Waals surface area contributed by atoms with Crippen molar-refractivity contribution in [3.05, 3.63) is 51.2 Å². The average molecular weight is 356 g/mol. The minimum Gasteiger partial charge on any atom is -0.448 e. The number of hydrogen-bond donors (Lipinski definition) is 1. The van der Waals surface area contributed by atoms with Gasteiger partial charge in [0.05, 0.1) is 11.6 Å². The summed E-state index contributed by atoms with van der Waals surface area (Å²) < 4.78 is 5.27. The molecular formula is C19H20N2O3S. The number of thiophene rings is 1. The van der Waals surface area contributed by atoms with Crippen molar-refractivity contribution in [2.75, 3.05) is 5.32 Å². The molecule has 0 saturated heterocycles. The first-order valence-electron chi connectivity index (χ1n) is 8.06. The summed E-state index contributed by atoms with van der Waals surface area (Å²) in [6.45, 7) is 5.59. The third kappa shape index (κ3) is 4.91. The largest absolute Gasteiger partial charge is 0.448 e. The minimum atomic E-state index is -0.935. The van der Waals surface area contributed by atoms with Crippen molar-refractivity contribution in [1.29, 1.82) is 5.26 Å². The van der Waals surface area contributed by atoms with E-state index >= 15 is 0 Å². The lowest BCUT2D eigenvalue weighted by molar-refractivity contribution is -0.123. The van der Waals surface area contributed by atoms with Crippen LogP contribution in [0.15, 0.2) is 30.3 Å². The zero-order valence-corrected chi connectivity index (χ0v) is 15.3. The average Bonchev–Trinajstić information content (AvgIpc) is 2.96. The van der Waals surface area contributed by atoms with Crippen LogP contribution in [0.25, 0.3) is 0 Å². The Hall–Kier alpha value is -2.65. The SMILES string of the molecule is CCCc1cc(C(=O)O[C@H](C)C(=O)Nc2cccc(C#N)c2)sc1C. The highest BCUT2D eigenvalue weighted by molar-refractivity contribution is 7.14. The van der Waals surface area contributed by atoms with Gasteiger partial charge in [0.1, 0.15) is 4.88 Å². The highest BCUT2D eigenvalue weighted by Gasteiger charge is 2.21. The number of carbonyl (C=O) groups excluding carboxylic acids is 2. The van der Waals surface area contributed by atoms with Gasteiger partial charge in [0.2, 0.25) is 0 Å². The Balaban J connectivity index is 1.99. The van der Waals surface area contributed by atoms with E-state index < -0.39 is 18.0 Å². The van der Waals surface area contributed by atoms with Crippen LogP contribution in [-0.2, 0) is 16.0 Å². The number of amides is 1. The van der Waals surface area contributed by atoms with E-state index in [0.717, 1.165) is 23.3 Å². The molecule has 1 N–H and O–H groups in total. The lowest BCUT2D eigenvalue weighted by atomic mass is 10.1. The number of aryl methyl sites for hydroxylation is 2. The van der Waals surface area contributed by atoms with E-state index in [0.29, 0.717) is 16.1 Å². The van der Waals surface area contributed by atoms with Crippen LogP contribution >= 0.6 is 11.3 Å². The standard InChI is InChI=1S/C19H20N2O3S/c1-4-6-15-10-17(25-13(15)3)19(23)24-12(2)18(22)21-16-8-5-7-14(9-16)11-20/h5,7-10,12H,4,6H2,1-3H3,(H,21,22)/t12-/m1/s1. The molecule has 0 spiro atoms. The topological polar surface area (TPSA) is 79.2 Å². The van der Waals surface area contributed by atoms with Crippen LogP contribution in [0.1, 0.15) is 45.9 Å². The molecule has 5 nitrogen and oxygen atoms in total. The molecule has 130 valence electrons. The van der Waals surface area contributed by atoms with Crippen LogP contribution in [0.3, 0.4) is 0 Å². The first-order chi connectivity index (χ1) is 11.9. The van der Waals surface area contributed by atoms with Crippen LogP contribution in [0, 0.1) is 18.3 Å². The lowest BCUT2D eigenvalue weighted by Gasteiger charge is -2.13. The van der Waals surface area contributed by atoms with Gasteiger partial charge in [0.15, 0.2) is 6.10 Å². The third-order valence-electron chi connectivity index (χ3n) is 3.65. The quantitative estimate of drug-likeness (QED) is 0.792. The molecule has 1 amide bonds. The van der Waals surface area contributed by atoms with Gasteiger partial charge < -0.3 is 10.1 Å². The van der Waals surface area contributed by atoms with E-state index in [2.05, 4.69) is 12.2 Å². The first-order valence-corrected chi connectivity index (χ1v) is 8.87. The van der Waals surface area contributed by atoms with Crippen LogP contribution in [-0.4, -0.2) is 18.0 Å². The molecule has 2 rings (SSSR count). The summed E-state index contributed by atoms with van der Waals surface area (Å²) in [7, 11) is 0. The molecule has 0 aliphatic heterocycles. The molecule has 1 aromatic carbocycles. The van der Waals surface area contributed by atoms with Gasteiger partial charge in [-0.25, -0.2) is 4.79 Å². The summed E-state index contributed by atoms with van der Waals surface area (Å²) in [5, 5.41) is 11.5. The maximum atomic E-state index is 12.2. The monoisotopic (exact) mass is 356 g/mol. The molecule has 1 atom stereocenters. The van der Waals surface area contributed by atoms with Crippen molar-refractivity contribution in [3.63, 3.8) is 0 Å². The predicted molar refractivity (Wildman–Crippen MR) is 97.7 cm³/mol. The molecule has 0 fully saturated rings. The number of anilines is 1. The fourth-order valence-corrected chi connectivity index (χ4v) is 3.28. The number of benzene rings is 1. The van der Waals surface area contributed by atoms with Crippen LogP contribution in [0.2, 0.25) is 0 Å². The molecule has 0 unspecified atom stereocenters. The van der Waals surface area contributed by atoms with Gasteiger partial charge >= 0.3 is 5.97 Å². The second kappa shape index (κ2) is 8.45. The molecule has 0 aliphatic rings. The number of rotatable bonds is 6. The number of ether oxygens (including phenoxy) is 1. The Bertz CT molecular complexity index is 820. The summed E-state index contributed by atoms with van der Waals surface area (Å²) in [5.74, 6) is -0.936. The van der Waals surface area contributed by atoms with Gasteiger partial charge in [-0.3, -0.25) is 4.79 Å². The highest BCUT2D eigenvalue weighted by atomic mass is 32.1. The van der Waals surface area contributed by atoms with Gasteiger partial charge in [0.25, 0.3) is 5.91 Å². The Morgan fingerprint density at radius 3 is 2.80 bits per heavy atom. The summed E-state index contributed by atoms with van der Waals surface area (Å²) in [5.41, 5.74) is 2.08.